The summed E-state index contributed by atoms with van der Waals surface area (Å²) in [6.07, 6.45) is 0.863. The van der Waals surface area contributed by atoms with E-state index >= 15 is 0 Å². The number of imidazole rings is 1. The quantitative estimate of drug-likeness (QED) is 0.619. The van der Waals surface area contributed by atoms with Crippen LogP contribution in [0.3, 0.4) is 0 Å². The third-order valence-electron chi connectivity index (χ3n) is 4.60. The average molecular weight is 415 g/mol. The molecule has 0 bridgehead atoms. The van der Waals surface area contributed by atoms with E-state index < -0.39 is 40.0 Å². The lowest BCUT2D eigenvalue weighted by Gasteiger charge is -2.29. The van der Waals surface area contributed by atoms with Crippen molar-refractivity contribution < 1.29 is 27.5 Å². The van der Waals surface area contributed by atoms with E-state index in [0.29, 0.717) is 5.82 Å². The number of imide groups is 1. The van der Waals surface area contributed by atoms with Gasteiger partial charge in [0.1, 0.15) is 5.82 Å². The van der Waals surface area contributed by atoms with Gasteiger partial charge in [-0.1, -0.05) is 0 Å². The van der Waals surface area contributed by atoms with Crippen LogP contribution in [0, 0.1) is 12.8 Å². The van der Waals surface area contributed by atoms with Gasteiger partial charge in [-0.15, -0.1) is 0 Å². The van der Waals surface area contributed by atoms with Gasteiger partial charge in [0, 0.05) is 33.4 Å². The van der Waals surface area contributed by atoms with E-state index in [1.54, 1.807) is 18.5 Å². The van der Waals surface area contributed by atoms with Gasteiger partial charge in [0.05, 0.1) is 5.92 Å². The second-order valence-corrected chi connectivity index (χ2v) is 8.45. The minimum absolute atomic E-state index is 0.0204. The Hall–Kier alpha value is -2.47. The molecule has 0 radical (unpaired) electrons. The molecule has 2 N–H and O–H groups in total. The SMILES string of the molecule is CNC(=O)NC(=O)[C@@H](C)OC(=O)C1CCN(S(=O)(=O)c2cn(C)c(C)n2)CC1. The summed E-state index contributed by atoms with van der Waals surface area (Å²) in [7, 11) is -0.657. The van der Waals surface area contributed by atoms with Crippen LogP contribution in [0.15, 0.2) is 11.2 Å². The highest BCUT2D eigenvalue weighted by molar-refractivity contribution is 7.89. The summed E-state index contributed by atoms with van der Waals surface area (Å²) in [6.45, 7) is 3.37. The predicted molar refractivity (Wildman–Crippen MR) is 97.6 cm³/mol. The monoisotopic (exact) mass is 415 g/mol. The number of urea groups is 1. The Bertz CT molecular complexity index is 837. The smallest absolute Gasteiger partial charge is 0.321 e. The lowest BCUT2D eigenvalue weighted by Crippen LogP contribution is -2.45. The van der Waals surface area contributed by atoms with Gasteiger partial charge < -0.3 is 14.6 Å². The summed E-state index contributed by atoms with van der Waals surface area (Å²) in [5, 5.41) is 4.23. The normalized spacial score (nSPS) is 17.0. The first kappa shape index (κ1) is 21.8. The maximum Gasteiger partial charge on any atom is 0.321 e. The molecular formula is C16H25N5O6S. The Labute approximate surface area is 163 Å². The van der Waals surface area contributed by atoms with Crippen molar-refractivity contribution in [2.24, 2.45) is 13.0 Å². The van der Waals surface area contributed by atoms with Crippen LogP contribution < -0.4 is 10.6 Å². The molecule has 0 aliphatic carbocycles. The molecule has 1 aromatic rings. The van der Waals surface area contributed by atoms with Crippen molar-refractivity contribution in [2.75, 3.05) is 20.1 Å². The van der Waals surface area contributed by atoms with Crippen LogP contribution in [0.5, 0.6) is 0 Å². The highest BCUT2D eigenvalue weighted by Crippen LogP contribution is 2.24. The van der Waals surface area contributed by atoms with Gasteiger partial charge in [0.25, 0.3) is 15.9 Å². The highest BCUT2D eigenvalue weighted by atomic mass is 32.2. The van der Waals surface area contributed by atoms with E-state index in [1.807, 2.05) is 5.32 Å². The number of piperidine rings is 1. The molecular weight excluding hydrogens is 390 g/mol. The van der Waals surface area contributed by atoms with Gasteiger partial charge >= 0.3 is 12.0 Å². The number of carbonyl (C=O) groups is 3. The molecule has 0 unspecified atom stereocenters. The first-order valence-electron chi connectivity index (χ1n) is 8.79. The van der Waals surface area contributed by atoms with Gasteiger partial charge in [0.15, 0.2) is 11.1 Å². The lowest BCUT2D eigenvalue weighted by molar-refractivity contribution is -0.159. The number of esters is 1. The van der Waals surface area contributed by atoms with Crippen LogP contribution in [0.1, 0.15) is 25.6 Å². The van der Waals surface area contributed by atoms with Crippen molar-refractivity contribution in [1.82, 2.24) is 24.5 Å². The molecule has 1 aliphatic rings. The zero-order valence-electron chi connectivity index (χ0n) is 16.3. The molecule has 11 nitrogen and oxygen atoms in total. The van der Waals surface area contributed by atoms with Crippen molar-refractivity contribution in [3.05, 3.63) is 12.0 Å². The largest absolute Gasteiger partial charge is 0.452 e. The maximum absolute atomic E-state index is 12.7. The minimum Gasteiger partial charge on any atom is -0.452 e. The second-order valence-electron chi connectivity index (χ2n) is 6.56. The van der Waals surface area contributed by atoms with Crippen LogP contribution in [0.2, 0.25) is 0 Å². The molecule has 28 heavy (non-hydrogen) atoms. The summed E-state index contributed by atoms with van der Waals surface area (Å²) in [6, 6.07) is -0.698. The topological polar surface area (TPSA) is 140 Å². The molecule has 2 heterocycles. The van der Waals surface area contributed by atoms with E-state index in [9.17, 15) is 22.8 Å². The molecule has 0 aromatic carbocycles. The number of ether oxygens (including phenoxy) is 1. The van der Waals surface area contributed by atoms with Crippen molar-refractivity contribution in [1.29, 1.82) is 0 Å². The summed E-state index contributed by atoms with van der Waals surface area (Å²) in [5.41, 5.74) is 0. The van der Waals surface area contributed by atoms with E-state index in [4.69, 9.17) is 4.74 Å². The van der Waals surface area contributed by atoms with Crippen molar-refractivity contribution in [2.45, 2.75) is 37.8 Å². The standard InChI is InChI=1S/C16H25N5O6S/c1-10(14(22)19-16(24)17-3)27-15(23)12-5-7-21(8-6-12)28(25,26)13-9-20(4)11(2)18-13/h9-10,12H,5-8H2,1-4H3,(H2,17,19,22,24)/t10-/m1/s1. The van der Waals surface area contributed by atoms with Crippen molar-refractivity contribution in [3.63, 3.8) is 0 Å². The van der Waals surface area contributed by atoms with Crippen molar-refractivity contribution >= 4 is 27.9 Å². The molecule has 1 saturated heterocycles. The lowest BCUT2D eigenvalue weighted by atomic mass is 9.98. The fourth-order valence-corrected chi connectivity index (χ4v) is 4.21. The van der Waals surface area contributed by atoms with Gasteiger partial charge in [-0.25, -0.2) is 18.2 Å². The summed E-state index contributed by atoms with van der Waals surface area (Å²) in [4.78, 5) is 39.2. The van der Waals surface area contributed by atoms with Gasteiger partial charge in [-0.05, 0) is 26.7 Å². The summed E-state index contributed by atoms with van der Waals surface area (Å²) in [5.74, 6) is -1.27. The molecule has 1 aromatic heterocycles. The minimum atomic E-state index is -3.73. The van der Waals surface area contributed by atoms with Crippen LogP contribution in [0.25, 0.3) is 0 Å². The van der Waals surface area contributed by atoms with Crippen LogP contribution in [0.4, 0.5) is 4.79 Å². The zero-order valence-corrected chi connectivity index (χ0v) is 17.1. The molecule has 0 saturated carbocycles. The van der Waals surface area contributed by atoms with Gasteiger partial charge in [-0.3, -0.25) is 14.9 Å². The highest BCUT2D eigenvalue weighted by Gasteiger charge is 2.35. The number of nitrogens with zero attached hydrogens (tertiary/aromatic N) is 3. The van der Waals surface area contributed by atoms with E-state index in [0.717, 1.165) is 0 Å². The molecule has 12 heteroatoms. The average Bonchev–Trinajstić information content (AvgIpc) is 3.01. The number of amides is 3. The van der Waals surface area contributed by atoms with Crippen LogP contribution >= 0.6 is 0 Å². The number of aromatic nitrogens is 2. The first-order valence-corrected chi connectivity index (χ1v) is 10.2. The third kappa shape index (κ3) is 4.87. The number of nitrogens with one attached hydrogen (secondary N) is 2. The molecule has 1 fully saturated rings. The Morgan fingerprint density at radius 1 is 1.29 bits per heavy atom. The number of aryl methyl sites for hydroxylation is 2. The van der Waals surface area contributed by atoms with Crippen molar-refractivity contribution in [3.8, 4) is 0 Å². The van der Waals surface area contributed by atoms with E-state index in [-0.39, 0.29) is 31.0 Å². The maximum atomic E-state index is 12.7. The molecule has 156 valence electrons. The molecule has 1 aliphatic heterocycles. The molecule has 3 amide bonds. The number of hydrogen-bond donors (Lipinski definition) is 2. The fourth-order valence-electron chi connectivity index (χ4n) is 2.71. The third-order valence-corrected chi connectivity index (χ3v) is 6.37. The zero-order chi connectivity index (χ0) is 21.1. The Morgan fingerprint density at radius 2 is 1.89 bits per heavy atom. The van der Waals surface area contributed by atoms with Gasteiger partial charge in [0.2, 0.25) is 0 Å². The Balaban J connectivity index is 1.91. The molecule has 0 spiro atoms. The second kappa shape index (κ2) is 8.69. The summed E-state index contributed by atoms with van der Waals surface area (Å²) < 4.78 is 33.4. The molecule has 2 rings (SSSR count). The number of carbonyl (C=O) groups excluding carboxylic acids is 3. The van der Waals surface area contributed by atoms with Crippen LogP contribution in [-0.2, 0) is 31.4 Å². The Kier molecular flexibility index (Phi) is 6.77. The Morgan fingerprint density at radius 3 is 2.39 bits per heavy atom. The van der Waals surface area contributed by atoms with Crippen LogP contribution in [-0.4, -0.2) is 66.4 Å². The first-order chi connectivity index (χ1) is 13.1. The predicted octanol–water partition coefficient (Wildman–Crippen LogP) is -0.483. The number of hydrogen-bond acceptors (Lipinski definition) is 7. The molecule has 1 atom stereocenters. The fraction of sp³-hybridized carbons (Fsp3) is 0.625. The number of rotatable bonds is 5. The summed E-state index contributed by atoms with van der Waals surface area (Å²) >= 11 is 0. The van der Waals surface area contributed by atoms with E-state index in [1.165, 1.54) is 24.5 Å². The number of sulfonamides is 1. The van der Waals surface area contributed by atoms with E-state index in [2.05, 4.69) is 10.3 Å². The van der Waals surface area contributed by atoms with Gasteiger partial charge in [-0.2, -0.15) is 4.31 Å².